The molecule has 7 nitrogen and oxygen atoms in total. The van der Waals surface area contributed by atoms with Crippen LogP contribution in [0.25, 0.3) is 11.3 Å². The van der Waals surface area contributed by atoms with Gasteiger partial charge in [-0.15, -0.1) is 11.3 Å². The van der Waals surface area contributed by atoms with Gasteiger partial charge in [0, 0.05) is 16.6 Å². The fourth-order valence-corrected chi connectivity index (χ4v) is 2.71. The van der Waals surface area contributed by atoms with Crippen molar-refractivity contribution in [3.63, 3.8) is 0 Å². The van der Waals surface area contributed by atoms with Gasteiger partial charge in [-0.2, -0.15) is 14.2 Å². The van der Waals surface area contributed by atoms with Crippen molar-refractivity contribution in [1.82, 2.24) is 19.7 Å². The van der Waals surface area contributed by atoms with Crippen molar-refractivity contribution >= 4 is 28.3 Å². The average molecular weight is 318 g/mol. The number of rotatable bonds is 3. The van der Waals surface area contributed by atoms with Crippen LogP contribution in [-0.4, -0.2) is 25.8 Å². The summed E-state index contributed by atoms with van der Waals surface area (Å²) in [5.74, 6) is -0.200. The number of carbonyl (C=O) groups excluding carboxylic acids is 1. The van der Waals surface area contributed by atoms with E-state index in [9.17, 15) is 9.18 Å². The standard InChI is InChI=1S/C13H11FN6OS/c1-7-11(8-5-16-20(6-8)12(15)21)19-13(22-7)18-10-4-2-3-9(14)17-10/h2-6H,1H3,(H2,15,21)(H,17,18,19). The summed E-state index contributed by atoms with van der Waals surface area (Å²) in [5, 5.41) is 7.37. The fourth-order valence-electron chi connectivity index (χ4n) is 1.87. The molecule has 22 heavy (non-hydrogen) atoms. The van der Waals surface area contributed by atoms with Crippen LogP contribution in [0.15, 0.2) is 30.6 Å². The zero-order valence-corrected chi connectivity index (χ0v) is 12.3. The van der Waals surface area contributed by atoms with Crippen LogP contribution >= 0.6 is 11.3 Å². The lowest BCUT2D eigenvalue weighted by Crippen LogP contribution is -2.19. The molecule has 3 N–H and O–H groups in total. The van der Waals surface area contributed by atoms with Crippen LogP contribution in [0.3, 0.4) is 0 Å². The minimum atomic E-state index is -0.665. The van der Waals surface area contributed by atoms with E-state index in [2.05, 4.69) is 20.4 Å². The maximum Gasteiger partial charge on any atom is 0.339 e. The second-order valence-electron chi connectivity index (χ2n) is 4.41. The molecule has 0 saturated carbocycles. The molecule has 112 valence electrons. The Hall–Kier alpha value is -2.81. The summed E-state index contributed by atoms with van der Waals surface area (Å²) in [5.41, 5.74) is 6.50. The Morgan fingerprint density at radius 3 is 2.91 bits per heavy atom. The Morgan fingerprint density at radius 2 is 2.23 bits per heavy atom. The van der Waals surface area contributed by atoms with Gasteiger partial charge in [0.15, 0.2) is 5.13 Å². The van der Waals surface area contributed by atoms with Gasteiger partial charge in [-0.25, -0.2) is 14.8 Å². The third-order valence-electron chi connectivity index (χ3n) is 2.83. The quantitative estimate of drug-likeness (QED) is 0.723. The van der Waals surface area contributed by atoms with Crippen LogP contribution in [-0.2, 0) is 0 Å². The van der Waals surface area contributed by atoms with Gasteiger partial charge in [0.1, 0.15) is 5.82 Å². The number of nitrogens with zero attached hydrogens (tertiary/aromatic N) is 4. The highest BCUT2D eigenvalue weighted by molar-refractivity contribution is 7.16. The minimum Gasteiger partial charge on any atom is -0.350 e. The van der Waals surface area contributed by atoms with Gasteiger partial charge in [-0.1, -0.05) is 6.07 Å². The SMILES string of the molecule is Cc1sc(Nc2cccc(F)n2)nc1-c1cnn(C(N)=O)c1. The van der Waals surface area contributed by atoms with Crippen LogP contribution < -0.4 is 11.1 Å². The minimum absolute atomic E-state index is 0.369. The molecule has 3 rings (SSSR count). The number of primary amides is 1. The average Bonchev–Trinajstić information content (AvgIpc) is 3.05. The molecular weight excluding hydrogens is 307 g/mol. The van der Waals surface area contributed by atoms with E-state index in [4.69, 9.17) is 5.73 Å². The summed E-state index contributed by atoms with van der Waals surface area (Å²) in [7, 11) is 0. The predicted octanol–water partition coefficient (Wildman–Crippen LogP) is 2.52. The van der Waals surface area contributed by atoms with Crippen molar-refractivity contribution in [3.8, 4) is 11.3 Å². The number of nitrogens with two attached hydrogens (primary N) is 1. The van der Waals surface area contributed by atoms with Gasteiger partial charge >= 0.3 is 6.03 Å². The van der Waals surface area contributed by atoms with Crippen LogP contribution in [0.2, 0.25) is 0 Å². The van der Waals surface area contributed by atoms with E-state index in [1.807, 2.05) is 6.92 Å². The molecule has 0 fully saturated rings. The van der Waals surface area contributed by atoms with Crippen molar-refractivity contribution in [1.29, 1.82) is 0 Å². The van der Waals surface area contributed by atoms with Gasteiger partial charge in [0.25, 0.3) is 0 Å². The summed E-state index contributed by atoms with van der Waals surface area (Å²) < 4.78 is 14.1. The summed E-state index contributed by atoms with van der Waals surface area (Å²) >= 11 is 1.39. The van der Waals surface area contributed by atoms with E-state index >= 15 is 0 Å². The summed E-state index contributed by atoms with van der Waals surface area (Å²) in [4.78, 5) is 20.1. The number of thiazole rings is 1. The first-order valence-corrected chi connectivity index (χ1v) is 7.06. The highest BCUT2D eigenvalue weighted by Gasteiger charge is 2.13. The second-order valence-corrected chi connectivity index (χ2v) is 5.61. The molecule has 3 aromatic rings. The molecule has 0 aliphatic rings. The number of anilines is 2. The molecule has 0 atom stereocenters. The molecule has 3 aromatic heterocycles. The molecule has 0 aliphatic carbocycles. The number of aryl methyl sites for hydroxylation is 1. The van der Waals surface area contributed by atoms with Gasteiger partial charge in [0.2, 0.25) is 5.95 Å². The molecule has 0 aliphatic heterocycles. The van der Waals surface area contributed by atoms with E-state index in [0.29, 0.717) is 22.2 Å². The van der Waals surface area contributed by atoms with Crippen LogP contribution in [0, 0.1) is 12.9 Å². The summed E-state index contributed by atoms with van der Waals surface area (Å²) in [6.45, 7) is 1.89. The van der Waals surface area contributed by atoms with Gasteiger partial charge in [0.05, 0.1) is 11.9 Å². The molecule has 0 radical (unpaired) electrons. The zero-order chi connectivity index (χ0) is 15.7. The first kappa shape index (κ1) is 14.1. The van der Waals surface area contributed by atoms with E-state index in [-0.39, 0.29) is 0 Å². The molecule has 0 aromatic carbocycles. The Morgan fingerprint density at radius 1 is 1.41 bits per heavy atom. The number of halogens is 1. The first-order chi connectivity index (χ1) is 10.5. The molecular formula is C13H11FN6OS. The zero-order valence-electron chi connectivity index (χ0n) is 11.4. The molecule has 0 bridgehead atoms. The lowest BCUT2D eigenvalue weighted by Gasteiger charge is -2.00. The highest BCUT2D eigenvalue weighted by Crippen LogP contribution is 2.31. The summed E-state index contributed by atoms with van der Waals surface area (Å²) in [6, 6.07) is 3.80. The number of aromatic nitrogens is 4. The van der Waals surface area contributed by atoms with E-state index in [1.54, 1.807) is 12.1 Å². The summed E-state index contributed by atoms with van der Waals surface area (Å²) in [6.07, 6.45) is 3.02. The Bertz CT molecular complexity index is 843. The van der Waals surface area contributed by atoms with Gasteiger partial charge in [-0.05, 0) is 19.1 Å². The first-order valence-electron chi connectivity index (χ1n) is 6.25. The van der Waals surface area contributed by atoms with E-state index in [0.717, 1.165) is 9.56 Å². The highest BCUT2D eigenvalue weighted by atomic mass is 32.1. The van der Waals surface area contributed by atoms with E-state index in [1.165, 1.54) is 29.8 Å². The van der Waals surface area contributed by atoms with Crippen LogP contribution in [0.4, 0.5) is 20.1 Å². The van der Waals surface area contributed by atoms with E-state index < -0.39 is 12.0 Å². The lowest BCUT2D eigenvalue weighted by molar-refractivity contribution is 0.247. The molecule has 1 amide bonds. The number of pyridine rings is 1. The number of amides is 1. The largest absolute Gasteiger partial charge is 0.350 e. The Kier molecular flexibility index (Phi) is 3.55. The topological polar surface area (TPSA) is 98.7 Å². The van der Waals surface area contributed by atoms with Crippen LogP contribution in [0.1, 0.15) is 4.88 Å². The molecule has 9 heteroatoms. The number of hydrogen-bond acceptors (Lipinski definition) is 6. The van der Waals surface area contributed by atoms with Crippen molar-refractivity contribution in [2.45, 2.75) is 6.92 Å². The Labute approximate surface area is 128 Å². The number of hydrogen-bond donors (Lipinski definition) is 2. The number of carbonyl (C=O) groups is 1. The molecule has 0 spiro atoms. The fraction of sp³-hybridized carbons (Fsp3) is 0.0769. The normalized spacial score (nSPS) is 10.6. The maximum atomic E-state index is 13.1. The van der Waals surface area contributed by atoms with Crippen LogP contribution in [0.5, 0.6) is 0 Å². The number of nitrogens with one attached hydrogen (secondary N) is 1. The Balaban J connectivity index is 1.88. The third-order valence-corrected chi connectivity index (χ3v) is 3.71. The second kappa shape index (κ2) is 5.53. The van der Waals surface area contributed by atoms with Crippen molar-refractivity contribution < 1.29 is 9.18 Å². The molecule has 0 saturated heterocycles. The van der Waals surface area contributed by atoms with Crippen molar-refractivity contribution in [3.05, 3.63) is 41.4 Å². The molecule has 0 unspecified atom stereocenters. The molecule has 3 heterocycles. The smallest absolute Gasteiger partial charge is 0.339 e. The van der Waals surface area contributed by atoms with Crippen molar-refractivity contribution in [2.75, 3.05) is 5.32 Å². The van der Waals surface area contributed by atoms with Gasteiger partial charge in [-0.3, -0.25) is 0 Å². The van der Waals surface area contributed by atoms with Gasteiger partial charge < -0.3 is 11.1 Å². The predicted molar refractivity (Wildman–Crippen MR) is 80.5 cm³/mol. The monoisotopic (exact) mass is 318 g/mol. The lowest BCUT2D eigenvalue weighted by atomic mass is 10.2. The third kappa shape index (κ3) is 2.79. The van der Waals surface area contributed by atoms with Crippen molar-refractivity contribution in [2.24, 2.45) is 5.73 Å². The maximum absolute atomic E-state index is 13.1.